The highest BCUT2D eigenvalue weighted by molar-refractivity contribution is 6.31. The first-order valence-corrected chi connectivity index (χ1v) is 7.19. The number of nitrogens with zero attached hydrogens (tertiary/aromatic N) is 1. The molecule has 0 bridgehead atoms. The predicted molar refractivity (Wildman–Crippen MR) is 82.4 cm³/mol. The van der Waals surface area contributed by atoms with Gasteiger partial charge in [0.1, 0.15) is 0 Å². The molecule has 0 heterocycles. The van der Waals surface area contributed by atoms with Gasteiger partial charge in [0.15, 0.2) is 0 Å². The summed E-state index contributed by atoms with van der Waals surface area (Å²) in [6, 6.07) is 6.34. The summed E-state index contributed by atoms with van der Waals surface area (Å²) in [6.07, 6.45) is 2.26. The maximum atomic E-state index is 6.12. The van der Waals surface area contributed by atoms with E-state index in [1.807, 2.05) is 18.2 Å². The number of hydrogen-bond donors (Lipinski definition) is 1. The number of nitrogens with two attached hydrogens (primary N) is 1. The summed E-state index contributed by atoms with van der Waals surface area (Å²) >= 11 is 5.98. The molecule has 0 amide bonds. The molecule has 2 N–H and O–H groups in total. The zero-order valence-electron chi connectivity index (χ0n) is 11.9. The number of anilines is 2. The normalized spacial score (nSPS) is 11.3. The third kappa shape index (κ3) is 3.81. The van der Waals surface area contributed by atoms with Crippen LogP contribution in [-0.2, 0) is 0 Å². The molecule has 0 saturated carbocycles. The third-order valence-corrected chi connectivity index (χ3v) is 3.48. The van der Waals surface area contributed by atoms with E-state index in [0.29, 0.717) is 17.0 Å². The fraction of sp³-hybridized carbons (Fsp3) is 0.600. The fourth-order valence-electron chi connectivity index (χ4n) is 2.35. The molecule has 0 aliphatic rings. The molecule has 3 heteroatoms. The van der Waals surface area contributed by atoms with Crippen molar-refractivity contribution in [1.29, 1.82) is 0 Å². The predicted octanol–water partition coefficient (Wildman–Crippen LogP) is 4.57. The molecule has 18 heavy (non-hydrogen) atoms. The van der Waals surface area contributed by atoms with E-state index < -0.39 is 0 Å². The Morgan fingerprint density at radius 3 is 2.28 bits per heavy atom. The lowest BCUT2D eigenvalue weighted by atomic mass is 10.1. The first-order valence-electron chi connectivity index (χ1n) is 6.81. The van der Waals surface area contributed by atoms with E-state index in [-0.39, 0.29) is 0 Å². The Morgan fingerprint density at radius 2 is 1.83 bits per heavy atom. The minimum Gasteiger partial charge on any atom is -0.397 e. The Labute approximate surface area is 116 Å². The van der Waals surface area contributed by atoms with Crippen LogP contribution < -0.4 is 10.6 Å². The van der Waals surface area contributed by atoms with Crippen molar-refractivity contribution in [1.82, 2.24) is 0 Å². The van der Waals surface area contributed by atoms with Gasteiger partial charge in [-0.15, -0.1) is 0 Å². The van der Waals surface area contributed by atoms with E-state index in [0.717, 1.165) is 30.8 Å². The van der Waals surface area contributed by atoms with Crippen LogP contribution in [0, 0.1) is 5.92 Å². The molecule has 0 atom stereocenters. The minimum absolute atomic E-state index is 0.538. The number of nitrogen functional groups attached to an aromatic ring is 1. The van der Waals surface area contributed by atoms with Gasteiger partial charge < -0.3 is 10.6 Å². The van der Waals surface area contributed by atoms with Crippen LogP contribution in [0.4, 0.5) is 11.4 Å². The monoisotopic (exact) mass is 268 g/mol. The zero-order valence-corrected chi connectivity index (χ0v) is 12.7. The first kappa shape index (κ1) is 15.2. The van der Waals surface area contributed by atoms with Crippen LogP contribution in [0.25, 0.3) is 0 Å². The van der Waals surface area contributed by atoms with Crippen LogP contribution in [0.2, 0.25) is 5.02 Å². The smallest absolute Gasteiger partial charge is 0.0603 e. The van der Waals surface area contributed by atoms with Crippen molar-refractivity contribution in [3.05, 3.63) is 23.2 Å². The van der Waals surface area contributed by atoms with Gasteiger partial charge in [0.25, 0.3) is 0 Å². The Balaban J connectivity index is 3.08. The van der Waals surface area contributed by atoms with Gasteiger partial charge in [0, 0.05) is 17.6 Å². The van der Waals surface area contributed by atoms with Gasteiger partial charge in [-0.25, -0.2) is 0 Å². The number of hydrogen-bond acceptors (Lipinski definition) is 2. The second-order valence-corrected chi connectivity index (χ2v) is 5.66. The van der Waals surface area contributed by atoms with E-state index in [1.165, 1.54) is 0 Å². The number of benzene rings is 1. The largest absolute Gasteiger partial charge is 0.397 e. The van der Waals surface area contributed by atoms with Crippen LogP contribution in [-0.4, -0.2) is 12.6 Å². The van der Waals surface area contributed by atoms with Crippen molar-refractivity contribution in [2.75, 3.05) is 17.2 Å². The van der Waals surface area contributed by atoms with E-state index in [9.17, 15) is 0 Å². The fourth-order valence-corrected chi connectivity index (χ4v) is 2.53. The van der Waals surface area contributed by atoms with Gasteiger partial charge in [-0.2, -0.15) is 0 Å². The van der Waals surface area contributed by atoms with Crippen LogP contribution in [0.1, 0.15) is 40.5 Å². The van der Waals surface area contributed by atoms with Gasteiger partial charge in [-0.3, -0.25) is 0 Å². The highest BCUT2D eigenvalue weighted by atomic mass is 35.5. The Hall–Kier alpha value is -0.890. The van der Waals surface area contributed by atoms with Crippen LogP contribution in [0.15, 0.2) is 18.2 Å². The molecule has 0 saturated heterocycles. The van der Waals surface area contributed by atoms with Gasteiger partial charge >= 0.3 is 0 Å². The molecule has 1 aromatic rings. The molecule has 102 valence electrons. The molecule has 0 unspecified atom stereocenters. The molecular weight excluding hydrogens is 244 g/mol. The van der Waals surface area contributed by atoms with E-state index in [2.05, 4.69) is 32.6 Å². The first-order chi connectivity index (χ1) is 8.49. The Kier molecular flexibility index (Phi) is 5.80. The minimum atomic E-state index is 0.538. The van der Waals surface area contributed by atoms with Crippen molar-refractivity contribution < 1.29 is 0 Å². The highest BCUT2D eigenvalue weighted by Gasteiger charge is 2.18. The Morgan fingerprint density at radius 1 is 1.22 bits per heavy atom. The second kappa shape index (κ2) is 6.89. The van der Waals surface area contributed by atoms with E-state index >= 15 is 0 Å². The van der Waals surface area contributed by atoms with Crippen molar-refractivity contribution in [2.45, 2.75) is 46.6 Å². The maximum Gasteiger partial charge on any atom is 0.0603 e. The third-order valence-electron chi connectivity index (χ3n) is 3.24. The second-order valence-electron chi connectivity index (χ2n) is 5.22. The van der Waals surface area contributed by atoms with Crippen LogP contribution in [0.5, 0.6) is 0 Å². The van der Waals surface area contributed by atoms with Crippen molar-refractivity contribution in [3.63, 3.8) is 0 Å². The van der Waals surface area contributed by atoms with Gasteiger partial charge in [-0.1, -0.05) is 39.3 Å². The average molecular weight is 269 g/mol. The number of halogens is 1. The highest BCUT2D eigenvalue weighted by Crippen LogP contribution is 2.30. The van der Waals surface area contributed by atoms with Crippen molar-refractivity contribution in [2.24, 2.45) is 5.92 Å². The molecule has 2 nitrogen and oxygen atoms in total. The quantitative estimate of drug-likeness (QED) is 0.766. The van der Waals surface area contributed by atoms with E-state index in [1.54, 1.807) is 0 Å². The maximum absolute atomic E-state index is 6.12. The summed E-state index contributed by atoms with van der Waals surface area (Å²) in [5.41, 5.74) is 8.01. The average Bonchev–Trinajstić information content (AvgIpc) is 2.29. The summed E-state index contributed by atoms with van der Waals surface area (Å²) in [7, 11) is 0. The molecule has 0 spiro atoms. The molecular formula is C15H25ClN2. The molecule has 1 aromatic carbocycles. The SMILES string of the molecule is CCC(CC)N(CC(C)C)c1ccc(Cl)cc1N. The molecule has 0 radical (unpaired) electrons. The van der Waals surface area contributed by atoms with E-state index in [4.69, 9.17) is 17.3 Å². The molecule has 1 rings (SSSR count). The zero-order chi connectivity index (χ0) is 13.7. The molecule has 0 aliphatic heterocycles. The lowest BCUT2D eigenvalue weighted by Crippen LogP contribution is -2.37. The van der Waals surface area contributed by atoms with Crippen molar-refractivity contribution >= 4 is 23.0 Å². The topological polar surface area (TPSA) is 29.3 Å². The van der Waals surface area contributed by atoms with Gasteiger partial charge in [0.2, 0.25) is 0 Å². The Bertz CT molecular complexity index is 373. The summed E-state index contributed by atoms with van der Waals surface area (Å²) in [4.78, 5) is 2.43. The molecule has 0 aliphatic carbocycles. The van der Waals surface area contributed by atoms with Crippen LogP contribution in [0.3, 0.4) is 0 Å². The standard InChI is InChI=1S/C15H25ClN2/c1-5-13(6-2)18(10-11(3)4)15-8-7-12(16)9-14(15)17/h7-9,11,13H,5-6,10,17H2,1-4H3. The van der Waals surface area contributed by atoms with Crippen molar-refractivity contribution in [3.8, 4) is 0 Å². The molecule has 0 fully saturated rings. The lowest BCUT2D eigenvalue weighted by molar-refractivity contribution is 0.508. The lowest BCUT2D eigenvalue weighted by Gasteiger charge is -2.35. The summed E-state index contributed by atoms with van der Waals surface area (Å²) < 4.78 is 0. The summed E-state index contributed by atoms with van der Waals surface area (Å²) in [6.45, 7) is 9.96. The summed E-state index contributed by atoms with van der Waals surface area (Å²) in [5.74, 6) is 0.612. The number of rotatable bonds is 6. The van der Waals surface area contributed by atoms with Gasteiger partial charge in [0.05, 0.1) is 11.4 Å². The van der Waals surface area contributed by atoms with Gasteiger partial charge in [-0.05, 0) is 37.0 Å². The summed E-state index contributed by atoms with van der Waals surface area (Å²) in [5, 5.41) is 0.699. The molecule has 0 aromatic heterocycles. The van der Waals surface area contributed by atoms with Crippen LogP contribution >= 0.6 is 11.6 Å².